The lowest BCUT2D eigenvalue weighted by molar-refractivity contribution is 0.513. The summed E-state index contributed by atoms with van der Waals surface area (Å²) in [7, 11) is 0. The Labute approximate surface area is 114 Å². The molecule has 1 aliphatic rings. The van der Waals surface area contributed by atoms with Crippen molar-refractivity contribution in [2.75, 3.05) is 13.1 Å². The van der Waals surface area contributed by atoms with Gasteiger partial charge in [0.2, 0.25) is 0 Å². The van der Waals surface area contributed by atoms with Crippen LogP contribution in [-0.4, -0.2) is 18.1 Å². The third-order valence-electron chi connectivity index (χ3n) is 4.18. The van der Waals surface area contributed by atoms with Crippen molar-refractivity contribution in [2.24, 2.45) is 17.6 Å². The van der Waals surface area contributed by atoms with Gasteiger partial charge >= 0.3 is 0 Å². The summed E-state index contributed by atoms with van der Waals surface area (Å²) < 4.78 is 0. The van der Waals surface area contributed by atoms with Crippen molar-refractivity contribution in [1.82, 2.24) is 10.3 Å². The first-order valence-electron chi connectivity index (χ1n) is 7.06. The number of pyridine rings is 1. The van der Waals surface area contributed by atoms with E-state index in [2.05, 4.69) is 41.5 Å². The zero-order valence-electron chi connectivity index (χ0n) is 11.3. The van der Waals surface area contributed by atoms with Crippen LogP contribution in [0.4, 0.5) is 0 Å². The molecule has 1 saturated carbocycles. The summed E-state index contributed by atoms with van der Waals surface area (Å²) in [6.07, 6.45) is 3.19. The summed E-state index contributed by atoms with van der Waals surface area (Å²) in [4.78, 5) is 4.51. The summed E-state index contributed by atoms with van der Waals surface area (Å²) in [6.45, 7) is 3.98. The minimum absolute atomic E-state index is 0.200. The van der Waals surface area contributed by atoms with Gasteiger partial charge in [-0.3, -0.25) is 4.98 Å². The van der Waals surface area contributed by atoms with E-state index in [0.29, 0.717) is 6.54 Å². The molecule has 0 saturated heterocycles. The van der Waals surface area contributed by atoms with Gasteiger partial charge in [-0.15, -0.1) is 0 Å². The second-order valence-electron chi connectivity index (χ2n) is 5.59. The summed E-state index contributed by atoms with van der Waals surface area (Å²) in [6, 6.07) is 10.6. The molecule has 3 N–H and O–H groups in total. The van der Waals surface area contributed by atoms with Crippen LogP contribution >= 0.6 is 0 Å². The molecular formula is C16H21N3. The highest BCUT2D eigenvalue weighted by molar-refractivity contribution is 5.82. The average Bonchev–Trinajstić information content (AvgIpc) is 3.15. The van der Waals surface area contributed by atoms with E-state index in [1.165, 1.54) is 17.4 Å². The first-order chi connectivity index (χ1) is 9.29. The monoisotopic (exact) mass is 255 g/mol. The zero-order chi connectivity index (χ0) is 13.2. The van der Waals surface area contributed by atoms with E-state index in [9.17, 15) is 0 Å². The molecule has 2 aromatic rings. The molecule has 1 aliphatic carbocycles. The third-order valence-corrected chi connectivity index (χ3v) is 4.18. The summed E-state index contributed by atoms with van der Waals surface area (Å²) in [5, 5.41) is 4.79. The van der Waals surface area contributed by atoms with E-state index < -0.39 is 0 Å². The van der Waals surface area contributed by atoms with E-state index in [1.54, 1.807) is 0 Å². The maximum Gasteiger partial charge on any atom is 0.0750 e. The second kappa shape index (κ2) is 5.27. The number of rotatable bonds is 5. The average molecular weight is 255 g/mol. The molecule has 0 radical (unpaired) electrons. The molecule has 0 bridgehead atoms. The largest absolute Gasteiger partial charge is 0.329 e. The Morgan fingerprint density at radius 2 is 2.16 bits per heavy atom. The molecule has 1 aromatic carbocycles. The van der Waals surface area contributed by atoms with Gasteiger partial charge in [0.15, 0.2) is 0 Å². The highest BCUT2D eigenvalue weighted by atomic mass is 14.9. The number of fused-ring (bicyclic) bond motifs is 1. The molecule has 1 fully saturated rings. The van der Waals surface area contributed by atoms with Gasteiger partial charge in [0, 0.05) is 24.2 Å². The van der Waals surface area contributed by atoms with Gasteiger partial charge in [-0.1, -0.05) is 31.2 Å². The van der Waals surface area contributed by atoms with Crippen LogP contribution < -0.4 is 11.1 Å². The van der Waals surface area contributed by atoms with Gasteiger partial charge in [-0.25, -0.2) is 0 Å². The molecule has 3 rings (SSSR count). The van der Waals surface area contributed by atoms with Crippen LogP contribution in [0.3, 0.4) is 0 Å². The van der Waals surface area contributed by atoms with Gasteiger partial charge in [0.1, 0.15) is 0 Å². The summed E-state index contributed by atoms with van der Waals surface area (Å²) in [5.74, 6) is 1.70. The maximum absolute atomic E-state index is 5.95. The van der Waals surface area contributed by atoms with Crippen molar-refractivity contribution in [3.63, 3.8) is 0 Å². The van der Waals surface area contributed by atoms with Crippen molar-refractivity contribution >= 4 is 10.9 Å². The predicted molar refractivity (Wildman–Crippen MR) is 78.8 cm³/mol. The zero-order valence-corrected chi connectivity index (χ0v) is 11.3. The quantitative estimate of drug-likeness (QED) is 0.863. The Kier molecular flexibility index (Phi) is 3.49. The minimum Gasteiger partial charge on any atom is -0.329 e. The Bertz CT molecular complexity index is 561. The molecule has 3 nitrogen and oxygen atoms in total. The number of aromatic nitrogens is 1. The van der Waals surface area contributed by atoms with Crippen molar-refractivity contribution in [1.29, 1.82) is 0 Å². The van der Waals surface area contributed by atoms with Crippen LogP contribution in [0.1, 0.15) is 24.9 Å². The van der Waals surface area contributed by atoms with Crippen molar-refractivity contribution in [3.8, 4) is 0 Å². The van der Waals surface area contributed by atoms with Crippen LogP contribution in [-0.2, 0) is 0 Å². The van der Waals surface area contributed by atoms with Crippen LogP contribution in [0.2, 0.25) is 0 Å². The minimum atomic E-state index is 0.200. The van der Waals surface area contributed by atoms with Gasteiger partial charge in [0.25, 0.3) is 0 Å². The molecule has 3 unspecified atom stereocenters. The second-order valence-corrected chi connectivity index (χ2v) is 5.59. The fourth-order valence-electron chi connectivity index (χ4n) is 2.71. The SMILES string of the molecule is CC1CC1CNC(CN)c1cccc2cccnc12. The van der Waals surface area contributed by atoms with E-state index >= 15 is 0 Å². The third kappa shape index (κ3) is 2.62. The normalized spacial score (nSPS) is 23.5. The number of hydrogen-bond acceptors (Lipinski definition) is 3. The molecule has 19 heavy (non-hydrogen) atoms. The number of nitrogens with one attached hydrogen (secondary N) is 1. The number of nitrogens with two attached hydrogens (primary N) is 1. The lowest BCUT2D eigenvalue weighted by Gasteiger charge is -2.18. The number of hydrogen-bond donors (Lipinski definition) is 2. The van der Waals surface area contributed by atoms with E-state index in [1.807, 2.05) is 12.3 Å². The fraction of sp³-hybridized carbons (Fsp3) is 0.438. The number of nitrogens with zero attached hydrogens (tertiary/aromatic N) is 1. The van der Waals surface area contributed by atoms with Gasteiger partial charge in [0.05, 0.1) is 5.52 Å². The predicted octanol–water partition coefficient (Wildman–Crippen LogP) is 2.48. The molecule has 3 atom stereocenters. The summed E-state index contributed by atoms with van der Waals surface area (Å²) >= 11 is 0. The lowest BCUT2D eigenvalue weighted by atomic mass is 10.0. The Hall–Kier alpha value is -1.45. The van der Waals surface area contributed by atoms with Crippen LogP contribution in [0, 0.1) is 11.8 Å². The molecule has 100 valence electrons. The molecule has 1 heterocycles. The van der Waals surface area contributed by atoms with E-state index in [-0.39, 0.29) is 6.04 Å². The first kappa shape index (κ1) is 12.6. The molecule has 0 spiro atoms. The van der Waals surface area contributed by atoms with Crippen molar-refractivity contribution < 1.29 is 0 Å². The lowest BCUT2D eigenvalue weighted by Crippen LogP contribution is -2.30. The molecule has 1 aromatic heterocycles. The van der Waals surface area contributed by atoms with E-state index in [4.69, 9.17) is 5.73 Å². The Morgan fingerprint density at radius 3 is 2.89 bits per heavy atom. The summed E-state index contributed by atoms with van der Waals surface area (Å²) in [5.41, 5.74) is 8.23. The highest BCUT2D eigenvalue weighted by Crippen LogP contribution is 2.37. The highest BCUT2D eigenvalue weighted by Gasteiger charge is 2.32. The molecule has 0 amide bonds. The van der Waals surface area contributed by atoms with Crippen molar-refractivity contribution in [3.05, 3.63) is 42.1 Å². The van der Waals surface area contributed by atoms with E-state index in [0.717, 1.165) is 23.9 Å². The smallest absolute Gasteiger partial charge is 0.0750 e. The molecule has 3 heteroatoms. The fourth-order valence-corrected chi connectivity index (χ4v) is 2.71. The van der Waals surface area contributed by atoms with Gasteiger partial charge < -0.3 is 11.1 Å². The first-order valence-corrected chi connectivity index (χ1v) is 7.06. The number of benzene rings is 1. The van der Waals surface area contributed by atoms with Crippen LogP contribution in [0.5, 0.6) is 0 Å². The standard InChI is InChI=1S/C16H21N3/c1-11-8-13(11)10-19-15(9-17)14-6-2-4-12-5-3-7-18-16(12)14/h2-7,11,13,15,19H,8-10,17H2,1H3. The molecule has 0 aliphatic heterocycles. The van der Waals surface area contributed by atoms with Gasteiger partial charge in [-0.2, -0.15) is 0 Å². The topological polar surface area (TPSA) is 50.9 Å². The maximum atomic E-state index is 5.95. The van der Waals surface area contributed by atoms with Crippen LogP contribution in [0.15, 0.2) is 36.5 Å². The Morgan fingerprint density at radius 1 is 1.37 bits per heavy atom. The van der Waals surface area contributed by atoms with Gasteiger partial charge in [-0.05, 0) is 36.4 Å². The Balaban J connectivity index is 1.83. The molecular weight excluding hydrogens is 234 g/mol. The van der Waals surface area contributed by atoms with Crippen molar-refractivity contribution in [2.45, 2.75) is 19.4 Å². The number of para-hydroxylation sites is 1. The van der Waals surface area contributed by atoms with Crippen LogP contribution in [0.25, 0.3) is 10.9 Å².